The number of carbonyl (C=O) groups excluding carboxylic acids is 1. The van der Waals surface area contributed by atoms with Gasteiger partial charge in [-0.2, -0.15) is 0 Å². The van der Waals surface area contributed by atoms with Crippen molar-refractivity contribution in [1.82, 2.24) is 0 Å². The minimum Gasteiger partial charge on any atom is -0.369 e. The van der Waals surface area contributed by atoms with Crippen LogP contribution in [-0.2, 0) is 16.6 Å². The lowest BCUT2D eigenvalue weighted by molar-refractivity contribution is -0.121. The van der Waals surface area contributed by atoms with E-state index in [1.54, 1.807) is 0 Å². The summed E-state index contributed by atoms with van der Waals surface area (Å²) in [5, 5.41) is 1.42. The van der Waals surface area contributed by atoms with Gasteiger partial charge in [0.25, 0.3) is 0 Å². The molecule has 1 aromatic rings. The van der Waals surface area contributed by atoms with Gasteiger partial charge in [0.15, 0.2) is 0 Å². The number of amides is 1. The van der Waals surface area contributed by atoms with E-state index in [0.717, 1.165) is 31.2 Å². The molecule has 2 aliphatic carbocycles. The first-order valence-corrected chi connectivity index (χ1v) is 9.83. The molecule has 0 spiro atoms. The standard InChI is InChI=1S/C17H21NOSi/c1-20(2)15-10-5-11-17(15,16(18)19)14-9-4-7-12-6-3-8-13(12)14/h3-4,7-9H,5-6,10-11H2,1-2H3,(H2,18,19). The average molecular weight is 283 g/mol. The maximum absolute atomic E-state index is 12.4. The van der Waals surface area contributed by atoms with E-state index in [0.29, 0.717) is 0 Å². The molecule has 0 aliphatic heterocycles. The molecule has 1 amide bonds. The van der Waals surface area contributed by atoms with E-state index >= 15 is 0 Å². The third-order valence-corrected chi connectivity index (χ3v) is 6.68. The summed E-state index contributed by atoms with van der Waals surface area (Å²) in [7, 11) is -0.635. The zero-order valence-corrected chi connectivity index (χ0v) is 13.2. The molecule has 1 unspecified atom stereocenters. The van der Waals surface area contributed by atoms with Crippen LogP contribution in [0, 0.1) is 0 Å². The van der Waals surface area contributed by atoms with Crippen LogP contribution in [-0.4, -0.2) is 19.5 Å². The van der Waals surface area contributed by atoms with E-state index in [4.69, 9.17) is 5.73 Å². The molecule has 0 aromatic heterocycles. The third-order valence-electron chi connectivity index (χ3n) is 4.80. The van der Waals surface area contributed by atoms with Gasteiger partial charge in [0, 0.05) is 8.41 Å². The highest BCUT2D eigenvalue weighted by Gasteiger charge is 2.46. The van der Waals surface area contributed by atoms with Crippen molar-refractivity contribution in [3.05, 3.63) is 41.0 Å². The highest BCUT2D eigenvalue weighted by Crippen LogP contribution is 2.42. The highest BCUT2D eigenvalue weighted by atomic mass is 28.2. The molecule has 2 aliphatic rings. The Morgan fingerprint density at radius 3 is 2.85 bits per heavy atom. The number of nitrogens with two attached hydrogens (primary N) is 1. The van der Waals surface area contributed by atoms with Crippen molar-refractivity contribution in [2.24, 2.45) is 5.73 Å². The summed E-state index contributed by atoms with van der Waals surface area (Å²) >= 11 is 0. The predicted octanol–water partition coefficient (Wildman–Crippen LogP) is 2.67. The van der Waals surface area contributed by atoms with E-state index in [2.05, 4.69) is 43.4 Å². The SMILES string of the molecule is C[Si](C)=C1CCCC1(C(N)=O)c1cccc2c1C=CC2. The number of fused-ring (bicyclic) bond motifs is 1. The van der Waals surface area contributed by atoms with Gasteiger partial charge in [-0.15, -0.1) is 0 Å². The molecule has 3 heteroatoms. The summed E-state index contributed by atoms with van der Waals surface area (Å²) in [4.78, 5) is 12.4. The first kappa shape index (κ1) is 13.5. The lowest BCUT2D eigenvalue weighted by Crippen LogP contribution is -2.47. The smallest absolute Gasteiger partial charge is 0.231 e. The number of hydrogen-bond acceptors (Lipinski definition) is 1. The fourth-order valence-electron chi connectivity index (χ4n) is 3.94. The van der Waals surface area contributed by atoms with Gasteiger partial charge >= 0.3 is 0 Å². The maximum atomic E-state index is 12.4. The predicted molar refractivity (Wildman–Crippen MR) is 86.4 cm³/mol. The van der Waals surface area contributed by atoms with E-state index in [9.17, 15) is 4.79 Å². The Morgan fingerprint density at radius 2 is 2.15 bits per heavy atom. The summed E-state index contributed by atoms with van der Waals surface area (Å²) in [6, 6.07) is 6.36. The minimum absolute atomic E-state index is 0.148. The van der Waals surface area contributed by atoms with Crippen LogP contribution in [0.15, 0.2) is 24.3 Å². The molecule has 104 valence electrons. The second-order valence-electron chi connectivity index (χ2n) is 6.09. The maximum Gasteiger partial charge on any atom is 0.231 e. The van der Waals surface area contributed by atoms with Crippen molar-refractivity contribution in [2.75, 3.05) is 0 Å². The van der Waals surface area contributed by atoms with Crippen LogP contribution in [0.4, 0.5) is 0 Å². The van der Waals surface area contributed by atoms with E-state index in [-0.39, 0.29) is 5.91 Å². The molecule has 3 rings (SSSR count). The Morgan fingerprint density at radius 1 is 1.35 bits per heavy atom. The highest BCUT2D eigenvalue weighted by molar-refractivity contribution is 6.72. The van der Waals surface area contributed by atoms with Crippen LogP contribution < -0.4 is 5.73 Å². The topological polar surface area (TPSA) is 43.1 Å². The van der Waals surface area contributed by atoms with Crippen LogP contribution in [0.3, 0.4) is 0 Å². The Hall–Kier alpha value is -1.48. The number of hydrogen-bond donors (Lipinski definition) is 1. The van der Waals surface area contributed by atoms with Crippen molar-refractivity contribution in [1.29, 1.82) is 0 Å². The van der Waals surface area contributed by atoms with Crippen LogP contribution >= 0.6 is 0 Å². The molecule has 1 atom stereocenters. The Balaban J connectivity index is 2.29. The molecule has 1 fully saturated rings. The summed E-state index contributed by atoms with van der Waals surface area (Å²) in [6.45, 7) is 4.56. The van der Waals surface area contributed by atoms with Crippen molar-refractivity contribution in [3.8, 4) is 0 Å². The Bertz CT molecular complexity index is 640. The largest absolute Gasteiger partial charge is 0.369 e. The molecule has 1 saturated carbocycles. The van der Waals surface area contributed by atoms with Crippen molar-refractivity contribution < 1.29 is 4.79 Å². The Kier molecular flexibility index (Phi) is 3.25. The van der Waals surface area contributed by atoms with E-state index in [1.807, 2.05) is 0 Å². The summed E-state index contributed by atoms with van der Waals surface area (Å²) < 4.78 is 0. The molecule has 0 saturated heterocycles. The van der Waals surface area contributed by atoms with Crippen LogP contribution in [0.1, 0.15) is 36.0 Å². The zero-order valence-electron chi connectivity index (χ0n) is 12.2. The van der Waals surface area contributed by atoms with Gasteiger partial charge in [-0.3, -0.25) is 4.79 Å². The second-order valence-corrected chi connectivity index (χ2v) is 8.69. The molecule has 0 radical (unpaired) electrons. The number of benzene rings is 1. The zero-order chi connectivity index (χ0) is 14.3. The van der Waals surface area contributed by atoms with Crippen LogP contribution in [0.2, 0.25) is 13.1 Å². The molecule has 20 heavy (non-hydrogen) atoms. The van der Waals surface area contributed by atoms with Crippen LogP contribution in [0.5, 0.6) is 0 Å². The monoisotopic (exact) mass is 283 g/mol. The van der Waals surface area contributed by atoms with Crippen molar-refractivity contribution in [2.45, 2.75) is 44.2 Å². The normalized spacial score (nSPS) is 24.0. The molecular formula is C17H21NOSi. The summed E-state index contributed by atoms with van der Waals surface area (Å²) in [6.07, 6.45) is 8.37. The molecule has 2 nitrogen and oxygen atoms in total. The molecular weight excluding hydrogens is 262 g/mol. The molecule has 0 bridgehead atoms. The van der Waals surface area contributed by atoms with Crippen molar-refractivity contribution >= 4 is 25.6 Å². The minimum atomic E-state index is -0.635. The number of carbonyl (C=O) groups is 1. The van der Waals surface area contributed by atoms with Crippen LogP contribution in [0.25, 0.3) is 6.08 Å². The van der Waals surface area contributed by atoms with E-state index in [1.165, 1.54) is 16.3 Å². The molecule has 1 aromatic carbocycles. The number of rotatable bonds is 2. The first-order valence-electron chi connectivity index (χ1n) is 7.33. The van der Waals surface area contributed by atoms with Gasteiger partial charge in [0.05, 0.1) is 5.41 Å². The first-order chi connectivity index (χ1) is 9.57. The molecule has 0 heterocycles. The van der Waals surface area contributed by atoms with E-state index < -0.39 is 13.8 Å². The fraction of sp³-hybridized carbons (Fsp3) is 0.412. The van der Waals surface area contributed by atoms with Gasteiger partial charge in [-0.25, -0.2) is 0 Å². The fourth-order valence-corrected chi connectivity index (χ4v) is 5.85. The third kappa shape index (κ3) is 1.76. The second kappa shape index (κ2) is 4.81. The van der Waals surface area contributed by atoms with Gasteiger partial charge in [0.2, 0.25) is 5.91 Å². The lowest BCUT2D eigenvalue weighted by Gasteiger charge is -2.31. The number of primary amides is 1. The van der Waals surface area contributed by atoms with Gasteiger partial charge in [0.1, 0.15) is 0 Å². The van der Waals surface area contributed by atoms with Gasteiger partial charge in [-0.05, 0) is 42.4 Å². The Labute approximate surface area is 121 Å². The van der Waals surface area contributed by atoms with Gasteiger partial charge < -0.3 is 5.73 Å². The molecule has 2 N–H and O–H groups in total. The average Bonchev–Trinajstić information content (AvgIpc) is 3.05. The summed E-state index contributed by atoms with van der Waals surface area (Å²) in [5.74, 6) is -0.148. The number of allylic oxidation sites excluding steroid dienone is 1. The quantitative estimate of drug-likeness (QED) is 0.833. The van der Waals surface area contributed by atoms with Crippen molar-refractivity contribution in [3.63, 3.8) is 0 Å². The summed E-state index contributed by atoms with van der Waals surface area (Å²) in [5.41, 5.74) is 9.15. The van der Waals surface area contributed by atoms with Gasteiger partial charge in [-0.1, -0.05) is 48.6 Å². The lowest BCUT2D eigenvalue weighted by atomic mass is 9.75.